The highest BCUT2D eigenvalue weighted by molar-refractivity contribution is 5.97. The van der Waals surface area contributed by atoms with Gasteiger partial charge in [-0.05, 0) is 25.0 Å². The van der Waals surface area contributed by atoms with Gasteiger partial charge in [0.05, 0.1) is 5.56 Å². The molecule has 0 aromatic heterocycles. The fourth-order valence-corrected chi connectivity index (χ4v) is 1.49. The first kappa shape index (κ1) is 14.0. The topological polar surface area (TPSA) is 81.4 Å². The molecule has 18 heavy (non-hydrogen) atoms. The summed E-state index contributed by atoms with van der Waals surface area (Å²) in [5, 5.41) is 2.62. The van der Waals surface area contributed by atoms with E-state index in [0.29, 0.717) is 17.8 Å². The number of esters is 1. The lowest BCUT2D eigenvalue weighted by Gasteiger charge is -2.09. The van der Waals surface area contributed by atoms with Gasteiger partial charge >= 0.3 is 5.97 Å². The van der Waals surface area contributed by atoms with E-state index in [4.69, 9.17) is 10.5 Å². The highest BCUT2D eigenvalue weighted by Gasteiger charge is 2.15. The van der Waals surface area contributed by atoms with Crippen LogP contribution in [0.1, 0.15) is 29.3 Å². The molecule has 0 saturated carbocycles. The smallest absolute Gasteiger partial charge is 0.341 e. The largest absolute Gasteiger partial charge is 0.452 e. The molecule has 0 spiro atoms. The fourth-order valence-electron chi connectivity index (χ4n) is 1.49. The Morgan fingerprint density at radius 1 is 1.39 bits per heavy atom. The summed E-state index contributed by atoms with van der Waals surface area (Å²) in [7, 11) is 0. The molecule has 98 valence electrons. The minimum atomic E-state index is -0.572. The standard InChI is InChI=1S/C13H18N2O3/c1-3-7-15-11(16)8-18-13(17)12-9(2)5-4-6-10(12)14/h4-6H,3,7-8,14H2,1-2H3,(H,15,16). The quantitative estimate of drug-likeness (QED) is 0.609. The number of nitrogens with one attached hydrogen (secondary N) is 1. The lowest BCUT2D eigenvalue weighted by molar-refractivity contribution is -0.124. The molecule has 0 aliphatic carbocycles. The highest BCUT2D eigenvalue weighted by Crippen LogP contribution is 2.17. The second kappa shape index (κ2) is 6.64. The minimum Gasteiger partial charge on any atom is -0.452 e. The Bertz CT molecular complexity index is 424. The molecule has 0 saturated heterocycles. The van der Waals surface area contributed by atoms with Gasteiger partial charge in [0.15, 0.2) is 6.61 Å². The number of anilines is 1. The predicted octanol–water partition coefficient (Wildman–Crippen LogP) is 1.26. The summed E-state index contributed by atoms with van der Waals surface area (Å²) in [6.07, 6.45) is 0.838. The van der Waals surface area contributed by atoms with Gasteiger partial charge in [-0.2, -0.15) is 0 Å². The molecule has 0 bridgehead atoms. The number of benzene rings is 1. The molecular weight excluding hydrogens is 232 g/mol. The van der Waals surface area contributed by atoms with Crippen LogP contribution < -0.4 is 11.1 Å². The van der Waals surface area contributed by atoms with Gasteiger partial charge in [0.25, 0.3) is 5.91 Å². The van der Waals surface area contributed by atoms with Gasteiger partial charge < -0.3 is 15.8 Å². The number of aryl methyl sites for hydroxylation is 1. The Balaban J connectivity index is 2.58. The van der Waals surface area contributed by atoms with Crippen molar-refractivity contribution in [3.63, 3.8) is 0 Å². The van der Waals surface area contributed by atoms with Crippen molar-refractivity contribution >= 4 is 17.6 Å². The molecule has 1 rings (SSSR count). The Kier molecular flexibility index (Phi) is 5.17. The van der Waals surface area contributed by atoms with Crippen LogP contribution in [0, 0.1) is 6.92 Å². The summed E-state index contributed by atoms with van der Waals surface area (Å²) < 4.78 is 4.92. The van der Waals surface area contributed by atoms with Crippen LogP contribution in [0.25, 0.3) is 0 Å². The molecule has 0 aliphatic rings. The third-order valence-corrected chi connectivity index (χ3v) is 2.42. The third-order valence-electron chi connectivity index (χ3n) is 2.42. The molecule has 5 nitrogen and oxygen atoms in total. The molecule has 0 aliphatic heterocycles. The van der Waals surface area contributed by atoms with Crippen molar-refractivity contribution in [2.24, 2.45) is 0 Å². The number of rotatable bonds is 5. The van der Waals surface area contributed by atoms with Crippen molar-refractivity contribution in [1.29, 1.82) is 0 Å². The van der Waals surface area contributed by atoms with Crippen molar-refractivity contribution in [2.45, 2.75) is 20.3 Å². The number of amides is 1. The zero-order chi connectivity index (χ0) is 13.5. The molecule has 1 aromatic carbocycles. The second-order valence-electron chi connectivity index (χ2n) is 3.97. The summed E-state index contributed by atoms with van der Waals surface area (Å²) in [6.45, 7) is 4.00. The van der Waals surface area contributed by atoms with Gasteiger partial charge in [-0.1, -0.05) is 19.1 Å². The van der Waals surface area contributed by atoms with Crippen LogP contribution in [0.15, 0.2) is 18.2 Å². The van der Waals surface area contributed by atoms with E-state index >= 15 is 0 Å². The monoisotopic (exact) mass is 250 g/mol. The van der Waals surface area contributed by atoms with E-state index in [1.165, 1.54) is 0 Å². The SMILES string of the molecule is CCCNC(=O)COC(=O)c1c(C)cccc1N. The Morgan fingerprint density at radius 3 is 2.72 bits per heavy atom. The summed E-state index contributed by atoms with van der Waals surface area (Å²) >= 11 is 0. The van der Waals surface area contributed by atoms with E-state index in [0.717, 1.165) is 12.0 Å². The Labute approximate surface area is 106 Å². The zero-order valence-corrected chi connectivity index (χ0v) is 10.7. The lowest BCUT2D eigenvalue weighted by Crippen LogP contribution is -2.29. The van der Waals surface area contributed by atoms with Crippen LogP contribution >= 0.6 is 0 Å². The molecule has 0 heterocycles. The van der Waals surface area contributed by atoms with Crippen LogP contribution in [0.2, 0.25) is 0 Å². The maximum atomic E-state index is 11.8. The van der Waals surface area contributed by atoms with Gasteiger partial charge in [0, 0.05) is 12.2 Å². The molecule has 5 heteroatoms. The Morgan fingerprint density at radius 2 is 2.11 bits per heavy atom. The number of ether oxygens (including phenoxy) is 1. The number of hydrogen-bond donors (Lipinski definition) is 2. The fraction of sp³-hybridized carbons (Fsp3) is 0.385. The second-order valence-corrected chi connectivity index (χ2v) is 3.97. The first-order valence-corrected chi connectivity index (χ1v) is 5.85. The highest BCUT2D eigenvalue weighted by atomic mass is 16.5. The summed E-state index contributed by atoms with van der Waals surface area (Å²) in [5.41, 5.74) is 7.11. The van der Waals surface area contributed by atoms with E-state index in [1.807, 2.05) is 6.92 Å². The van der Waals surface area contributed by atoms with Crippen LogP contribution in [-0.4, -0.2) is 25.0 Å². The lowest BCUT2D eigenvalue weighted by atomic mass is 10.1. The average Bonchev–Trinajstić information content (AvgIpc) is 2.33. The third kappa shape index (κ3) is 3.76. The summed E-state index contributed by atoms with van der Waals surface area (Å²) in [4.78, 5) is 23.1. The molecular formula is C13H18N2O3. The molecule has 0 fully saturated rings. The van der Waals surface area contributed by atoms with E-state index in [9.17, 15) is 9.59 Å². The van der Waals surface area contributed by atoms with Crippen LogP contribution in [0.4, 0.5) is 5.69 Å². The van der Waals surface area contributed by atoms with Crippen molar-refractivity contribution in [2.75, 3.05) is 18.9 Å². The van der Waals surface area contributed by atoms with Gasteiger partial charge in [0.1, 0.15) is 0 Å². The summed E-state index contributed by atoms with van der Waals surface area (Å²) in [6, 6.07) is 5.15. The molecule has 0 atom stereocenters. The van der Waals surface area contributed by atoms with Crippen molar-refractivity contribution < 1.29 is 14.3 Å². The van der Waals surface area contributed by atoms with Crippen LogP contribution in [0.5, 0.6) is 0 Å². The molecule has 1 aromatic rings. The number of nitrogens with two attached hydrogens (primary N) is 1. The minimum absolute atomic E-state index is 0.285. The van der Waals surface area contributed by atoms with Crippen molar-refractivity contribution in [3.05, 3.63) is 29.3 Å². The normalized spacial score (nSPS) is 9.89. The van der Waals surface area contributed by atoms with Gasteiger partial charge in [-0.15, -0.1) is 0 Å². The molecule has 0 unspecified atom stereocenters. The predicted molar refractivity (Wildman–Crippen MR) is 69.2 cm³/mol. The van der Waals surface area contributed by atoms with E-state index < -0.39 is 5.97 Å². The number of carbonyl (C=O) groups is 2. The number of hydrogen-bond acceptors (Lipinski definition) is 4. The van der Waals surface area contributed by atoms with Gasteiger partial charge in [-0.25, -0.2) is 4.79 Å². The van der Waals surface area contributed by atoms with E-state index in [2.05, 4.69) is 5.32 Å². The maximum Gasteiger partial charge on any atom is 0.341 e. The van der Waals surface area contributed by atoms with Crippen molar-refractivity contribution in [3.8, 4) is 0 Å². The Hall–Kier alpha value is -2.04. The molecule has 1 amide bonds. The van der Waals surface area contributed by atoms with Crippen molar-refractivity contribution in [1.82, 2.24) is 5.32 Å². The first-order valence-electron chi connectivity index (χ1n) is 5.85. The molecule has 3 N–H and O–H groups in total. The van der Waals surface area contributed by atoms with Gasteiger partial charge in [0.2, 0.25) is 0 Å². The van der Waals surface area contributed by atoms with Crippen LogP contribution in [0.3, 0.4) is 0 Å². The zero-order valence-electron chi connectivity index (χ0n) is 10.7. The number of carbonyl (C=O) groups excluding carboxylic acids is 2. The van der Waals surface area contributed by atoms with Gasteiger partial charge in [-0.3, -0.25) is 4.79 Å². The maximum absolute atomic E-state index is 11.8. The average molecular weight is 250 g/mol. The van der Waals surface area contributed by atoms with Crippen LogP contribution in [-0.2, 0) is 9.53 Å². The molecule has 0 radical (unpaired) electrons. The first-order chi connectivity index (χ1) is 8.56. The van der Waals surface area contributed by atoms with E-state index in [1.54, 1.807) is 25.1 Å². The number of nitrogen functional groups attached to an aromatic ring is 1. The van der Waals surface area contributed by atoms with E-state index in [-0.39, 0.29) is 12.5 Å². The summed E-state index contributed by atoms with van der Waals surface area (Å²) in [5.74, 6) is -0.880.